The van der Waals surface area contributed by atoms with Crippen LogP contribution >= 0.6 is 11.6 Å². The number of hydrogen-bond acceptors (Lipinski definition) is 4. The summed E-state index contributed by atoms with van der Waals surface area (Å²) in [5, 5.41) is 8.05. The van der Waals surface area contributed by atoms with Crippen LogP contribution in [0.4, 0.5) is 5.69 Å². The molecule has 0 fully saturated rings. The number of hydrogen-bond donors (Lipinski definition) is 3. The summed E-state index contributed by atoms with van der Waals surface area (Å²) in [5.41, 5.74) is 1.17. The molecular weight excluding hydrogens is 370 g/mol. The highest BCUT2D eigenvalue weighted by atomic mass is 35.5. The number of methoxy groups -OCH3 is 1. The fourth-order valence-corrected chi connectivity index (χ4v) is 2.47. The van der Waals surface area contributed by atoms with E-state index in [2.05, 4.69) is 16.0 Å². The molecule has 0 aliphatic heterocycles. The van der Waals surface area contributed by atoms with Gasteiger partial charge in [-0.05, 0) is 35.9 Å². The summed E-state index contributed by atoms with van der Waals surface area (Å²) in [6.45, 7) is 1.36. The van der Waals surface area contributed by atoms with Gasteiger partial charge in [-0.1, -0.05) is 29.8 Å². The first-order valence-corrected chi connectivity index (χ1v) is 8.51. The van der Waals surface area contributed by atoms with Crippen LogP contribution in [-0.4, -0.2) is 30.9 Å². The molecule has 27 heavy (non-hydrogen) atoms. The Morgan fingerprint density at radius 3 is 2.30 bits per heavy atom. The van der Waals surface area contributed by atoms with Gasteiger partial charge in [0.15, 0.2) is 6.04 Å². The van der Waals surface area contributed by atoms with Gasteiger partial charge in [-0.3, -0.25) is 14.4 Å². The van der Waals surface area contributed by atoms with Gasteiger partial charge in [-0.2, -0.15) is 0 Å². The molecule has 0 spiro atoms. The lowest BCUT2D eigenvalue weighted by molar-refractivity contribution is -0.134. The summed E-state index contributed by atoms with van der Waals surface area (Å²) in [7, 11) is 1.53. The quantitative estimate of drug-likeness (QED) is 0.632. The van der Waals surface area contributed by atoms with E-state index in [-0.39, 0.29) is 6.54 Å². The Labute approximate surface area is 162 Å². The Kier molecular flexibility index (Phi) is 7.19. The number of rotatable bonds is 7. The van der Waals surface area contributed by atoms with Crippen molar-refractivity contribution in [2.45, 2.75) is 19.5 Å². The molecule has 3 N–H and O–H groups in total. The third-order valence-corrected chi connectivity index (χ3v) is 4.01. The average molecular weight is 390 g/mol. The molecule has 2 rings (SSSR count). The summed E-state index contributed by atoms with van der Waals surface area (Å²) in [6, 6.07) is 12.2. The summed E-state index contributed by atoms with van der Waals surface area (Å²) in [6.07, 6.45) is 0. The minimum atomic E-state index is -1.38. The highest BCUT2D eigenvalue weighted by Crippen LogP contribution is 2.16. The van der Waals surface area contributed by atoms with E-state index < -0.39 is 23.8 Å². The van der Waals surface area contributed by atoms with Crippen molar-refractivity contribution >= 4 is 35.0 Å². The van der Waals surface area contributed by atoms with Crippen molar-refractivity contribution in [3.05, 3.63) is 59.1 Å². The Morgan fingerprint density at radius 1 is 1.04 bits per heavy atom. The number of ether oxygens (including phenoxy) is 1. The summed E-state index contributed by atoms with van der Waals surface area (Å²) in [4.78, 5) is 36.3. The first-order chi connectivity index (χ1) is 12.9. The van der Waals surface area contributed by atoms with E-state index in [1.807, 2.05) is 0 Å². The Morgan fingerprint density at radius 2 is 1.70 bits per heavy atom. The van der Waals surface area contributed by atoms with Crippen LogP contribution in [0, 0.1) is 0 Å². The highest BCUT2D eigenvalue weighted by Gasteiger charge is 2.27. The van der Waals surface area contributed by atoms with E-state index in [0.29, 0.717) is 22.0 Å². The summed E-state index contributed by atoms with van der Waals surface area (Å²) >= 11 is 6.06. The van der Waals surface area contributed by atoms with E-state index in [1.54, 1.807) is 48.5 Å². The zero-order chi connectivity index (χ0) is 19.8. The number of carbonyl (C=O) groups is 3. The van der Waals surface area contributed by atoms with Crippen LogP contribution in [0.25, 0.3) is 0 Å². The zero-order valence-electron chi connectivity index (χ0n) is 14.9. The monoisotopic (exact) mass is 389 g/mol. The number of carbonyl (C=O) groups excluding carboxylic acids is 3. The van der Waals surface area contributed by atoms with Gasteiger partial charge in [0.05, 0.1) is 7.11 Å². The SMILES string of the molecule is COc1ccc(NC(=O)[C@H](NC(C)=O)C(=O)NCc2ccccc2Cl)cc1. The largest absolute Gasteiger partial charge is 0.497 e. The van der Waals surface area contributed by atoms with Gasteiger partial charge < -0.3 is 20.7 Å². The summed E-state index contributed by atoms with van der Waals surface area (Å²) < 4.78 is 5.05. The van der Waals surface area contributed by atoms with E-state index in [1.165, 1.54) is 14.0 Å². The van der Waals surface area contributed by atoms with Gasteiger partial charge in [0.2, 0.25) is 5.91 Å². The first-order valence-electron chi connectivity index (χ1n) is 8.14. The molecule has 3 amide bonds. The van der Waals surface area contributed by atoms with Crippen molar-refractivity contribution in [3.8, 4) is 5.75 Å². The normalized spacial score (nSPS) is 11.2. The molecule has 0 saturated heterocycles. The molecule has 0 heterocycles. The van der Waals surface area contributed by atoms with E-state index in [9.17, 15) is 14.4 Å². The van der Waals surface area contributed by atoms with Crippen LogP contribution in [0.1, 0.15) is 12.5 Å². The molecule has 0 aliphatic carbocycles. The molecule has 7 nitrogen and oxygen atoms in total. The topological polar surface area (TPSA) is 96.5 Å². The van der Waals surface area contributed by atoms with Gasteiger partial charge in [0, 0.05) is 24.2 Å². The molecule has 0 saturated carbocycles. The maximum Gasteiger partial charge on any atom is 0.256 e. The molecule has 0 unspecified atom stereocenters. The predicted molar refractivity (Wildman–Crippen MR) is 103 cm³/mol. The molecule has 0 aliphatic rings. The van der Waals surface area contributed by atoms with E-state index >= 15 is 0 Å². The van der Waals surface area contributed by atoms with Crippen LogP contribution in [0.2, 0.25) is 5.02 Å². The number of benzene rings is 2. The van der Waals surface area contributed by atoms with E-state index in [0.717, 1.165) is 0 Å². The first kappa shape index (κ1) is 20.3. The highest BCUT2D eigenvalue weighted by molar-refractivity contribution is 6.31. The molecule has 8 heteroatoms. The Hall–Kier alpha value is -3.06. The number of anilines is 1. The molecule has 142 valence electrons. The smallest absolute Gasteiger partial charge is 0.256 e. The minimum absolute atomic E-state index is 0.129. The van der Waals surface area contributed by atoms with Crippen LogP contribution in [0.5, 0.6) is 5.75 Å². The van der Waals surface area contributed by atoms with Crippen molar-refractivity contribution in [1.82, 2.24) is 10.6 Å². The van der Waals surface area contributed by atoms with E-state index in [4.69, 9.17) is 16.3 Å². The standard InChI is InChI=1S/C19H20ClN3O4/c1-12(24)22-17(18(25)21-11-13-5-3-4-6-16(13)20)19(26)23-14-7-9-15(27-2)10-8-14/h3-10,17H,11H2,1-2H3,(H,21,25)(H,22,24)(H,23,26)/t17-/m1/s1. The molecule has 0 radical (unpaired) electrons. The second-order valence-electron chi connectivity index (χ2n) is 5.66. The zero-order valence-corrected chi connectivity index (χ0v) is 15.7. The van der Waals surface area contributed by atoms with Gasteiger partial charge in [0.25, 0.3) is 11.8 Å². The third kappa shape index (κ3) is 6.00. The second kappa shape index (κ2) is 9.59. The van der Waals surface area contributed by atoms with Crippen molar-refractivity contribution in [2.75, 3.05) is 12.4 Å². The summed E-state index contributed by atoms with van der Waals surface area (Å²) in [5.74, 6) is -1.18. The predicted octanol–water partition coefficient (Wildman–Crippen LogP) is 2.11. The maximum absolute atomic E-state index is 12.5. The second-order valence-corrected chi connectivity index (χ2v) is 6.07. The molecular formula is C19H20ClN3O4. The molecule has 1 atom stereocenters. The molecule has 2 aromatic rings. The number of amides is 3. The van der Waals surface area contributed by atoms with Crippen LogP contribution in [-0.2, 0) is 20.9 Å². The average Bonchev–Trinajstić information content (AvgIpc) is 2.65. The van der Waals surface area contributed by atoms with Crippen LogP contribution in [0.15, 0.2) is 48.5 Å². The van der Waals surface area contributed by atoms with Crippen molar-refractivity contribution < 1.29 is 19.1 Å². The Balaban J connectivity index is 2.05. The number of nitrogens with one attached hydrogen (secondary N) is 3. The van der Waals surface area contributed by atoms with Crippen LogP contribution < -0.4 is 20.7 Å². The fraction of sp³-hybridized carbons (Fsp3) is 0.211. The lowest BCUT2D eigenvalue weighted by Crippen LogP contribution is -2.52. The lowest BCUT2D eigenvalue weighted by Gasteiger charge is -2.18. The van der Waals surface area contributed by atoms with Crippen molar-refractivity contribution in [3.63, 3.8) is 0 Å². The van der Waals surface area contributed by atoms with Crippen molar-refractivity contribution in [2.24, 2.45) is 0 Å². The fourth-order valence-electron chi connectivity index (χ4n) is 2.27. The van der Waals surface area contributed by atoms with Gasteiger partial charge in [-0.25, -0.2) is 0 Å². The maximum atomic E-state index is 12.5. The third-order valence-electron chi connectivity index (χ3n) is 3.64. The molecule has 0 aromatic heterocycles. The molecule has 2 aromatic carbocycles. The lowest BCUT2D eigenvalue weighted by atomic mass is 10.2. The van der Waals surface area contributed by atoms with Gasteiger partial charge in [0.1, 0.15) is 5.75 Å². The van der Waals surface area contributed by atoms with Gasteiger partial charge >= 0.3 is 0 Å². The Bertz CT molecular complexity index is 824. The van der Waals surface area contributed by atoms with Crippen molar-refractivity contribution in [1.29, 1.82) is 0 Å². The molecule has 0 bridgehead atoms. The van der Waals surface area contributed by atoms with Crippen LogP contribution in [0.3, 0.4) is 0 Å². The minimum Gasteiger partial charge on any atom is -0.497 e. The van der Waals surface area contributed by atoms with Gasteiger partial charge in [-0.15, -0.1) is 0 Å². The number of halogens is 1.